The van der Waals surface area contributed by atoms with Gasteiger partial charge in [-0.1, -0.05) is 50.1 Å². The molecule has 4 nitrogen and oxygen atoms in total. The zero-order valence-corrected chi connectivity index (χ0v) is 18.2. The minimum absolute atomic E-state index is 0. The molecule has 1 saturated heterocycles. The minimum atomic E-state index is 0. The summed E-state index contributed by atoms with van der Waals surface area (Å²) in [4.78, 5) is 6.92. The largest absolute Gasteiger partial charge is 0.356 e. The third kappa shape index (κ3) is 8.90. The van der Waals surface area contributed by atoms with E-state index in [1.807, 2.05) is 7.05 Å². The van der Waals surface area contributed by atoms with E-state index in [1.165, 1.54) is 50.9 Å². The van der Waals surface area contributed by atoms with Gasteiger partial charge in [-0.3, -0.25) is 4.99 Å². The number of halogens is 1. The van der Waals surface area contributed by atoms with E-state index < -0.39 is 0 Å². The van der Waals surface area contributed by atoms with Gasteiger partial charge in [-0.05, 0) is 37.3 Å². The Kier molecular flexibility index (Phi) is 11.9. The molecule has 0 aliphatic carbocycles. The summed E-state index contributed by atoms with van der Waals surface area (Å²) in [7, 11) is 1.86. The number of unbranched alkanes of at least 4 members (excludes halogenated alkanes) is 2. The lowest BCUT2D eigenvalue weighted by Crippen LogP contribution is -2.40. The molecule has 1 aliphatic heterocycles. The lowest BCUT2D eigenvalue weighted by Gasteiger charge is -2.17. The SMILES string of the molecule is CCCCCNC(=NC)NCC1CCN(CCc2ccccc2)C1.I. The highest BCUT2D eigenvalue weighted by molar-refractivity contribution is 14.0. The Morgan fingerprint density at radius 3 is 2.72 bits per heavy atom. The van der Waals surface area contributed by atoms with Gasteiger partial charge in [-0.25, -0.2) is 0 Å². The maximum Gasteiger partial charge on any atom is 0.190 e. The highest BCUT2D eigenvalue weighted by Gasteiger charge is 2.22. The summed E-state index contributed by atoms with van der Waals surface area (Å²) in [5.41, 5.74) is 1.44. The topological polar surface area (TPSA) is 39.7 Å². The summed E-state index contributed by atoms with van der Waals surface area (Å²) in [5.74, 6) is 1.68. The van der Waals surface area contributed by atoms with Crippen molar-refractivity contribution in [1.82, 2.24) is 15.5 Å². The zero-order chi connectivity index (χ0) is 17.0. The monoisotopic (exact) mass is 458 g/mol. The van der Waals surface area contributed by atoms with Crippen LogP contribution < -0.4 is 10.6 Å². The smallest absolute Gasteiger partial charge is 0.190 e. The van der Waals surface area contributed by atoms with Crippen LogP contribution in [0.4, 0.5) is 0 Å². The number of hydrogen-bond acceptors (Lipinski definition) is 2. The fourth-order valence-corrected chi connectivity index (χ4v) is 3.26. The van der Waals surface area contributed by atoms with Gasteiger partial charge in [0.25, 0.3) is 0 Å². The minimum Gasteiger partial charge on any atom is -0.356 e. The number of likely N-dealkylation sites (tertiary alicyclic amines) is 1. The molecule has 5 heteroatoms. The van der Waals surface area contributed by atoms with E-state index in [-0.39, 0.29) is 24.0 Å². The number of rotatable bonds is 9. The van der Waals surface area contributed by atoms with E-state index in [9.17, 15) is 0 Å². The van der Waals surface area contributed by atoms with Crippen LogP contribution in [-0.2, 0) is 6.42 Å². The van der Waals surface area contributed by atoms with Gasteiger partial charge in [0.2, 0.25) is 0 Å². The molecule has 1 heterocycles. The molecule has 1 atom stereocenters. The highest BCUT2D eigenvalue weighted by atomic mass is 127. The van der Waals surface area contributed by atoms with Gasteiger partial charge in [-0.15, -0.1) is 24.0 Å². The van der Waals surface area contributed by atoms with Crippen LogP contribution in [0.25, 0.3) is 0 Å². The van der Waals surface area contributed by atoms with Crippen molar-refractivity contribution in [1.29, 1.82) is 0 Å². The molecule has 1 aromatic rings. The summed E-state index contributed by atoms with van der Waals surface area (Å²) in [6.45, 7) is 7.87. The van der Waals surface area contributed by atoms with Crippen LogP contribution in [0.3, 0.4) is 0 Å². The summed E-state index contributed by atoms with van der Waals surface area (Å²) in [6, 6.07) is 10.8. The Morgan fingerprint density at radius 1 is 1.20 bits per heavy atom. The number of nitrogens with one attached hydrogen (secondary N) is 2. The lowest BCUT2D eigenvalue weighted by molar-refractivity contribution is 0.328. The van der Waals surface area contributed by atoms with Crippen molar-refractivity contribution in [2.45, 2.75) is 39.0 Å². The Balaban J connectivity index is 0.00000312. The van der Waals surface area contributed by atoms with E-state index in [0.29, 0.717) is 0 Å². The van der Waals surface area contributed by atoms with Crippen LogP contribution in [-0.4, -0.2) is 50.6 Å². The molecule has 0 spiro atoms. The van der Waals surface area contributed by atoms with Gasteiger partial charge in [0.05, 0.1) is 0 Å². The molecule has 25 heavy (non-hydrogen) atoms. The van der Waals surface area contributed by atoms with Crippen LogP contribution in [0.1, 0.15) is 38.2 Å². The van der Waals surface area contributed by atoms with Crippen LogP contribution in [0.5, 0.6) is 0 Å². The Labute approximate surface area is 170 Å². The quantitative estimate of drug-likeness (QED) is 0.258. The molecule has 1 fully saturated rings. The first-order valence-electron chi connectivity index (χ1n) is 9.52. The summed E-state index contributed by atoms with van der Waals surface area (Å²) in [6.07, 6.45) is 6.20. The number of nitrogens with zero attached hydrogens (tertiary/aromatic N) is 2. The standard InChI is InChI=1S/C20H34N4.HI/c1-3-4-8-13-22-20(21-2)23-16-19-12-15-24(17-19)14-11-18-9-6-5-7-10-18;/h5-7,9-10,19H,3-4,8,11-17H2,1-2H3,(H2,21,22,23);1H. The summed E-state index contributed by atoms with van der Waals surface area (Å²) < 4.78 is 0. The van der Waals surface area contributed by atoms with Gasteiger partial charge >= 0.3 is 0 Å². The van der Waals surface area contributed by atoms with E-state index in [1.54, 1.807) is 0 Å². The van der Waals surface area contributed by atoms with Crippen molar-refractivity contribution < 1.29 is 0 Å². The number of guanidine groups is 1. The summed E-state index contributed by atoms with van der Waals surface area (Å²) >= 11 is 0. The maximum atomic E-state index is 4.32. The fourth-order valence-electron chi connectivity index (χ4n) is 3.26. The first-order chi connectivity index (χ1) is 11.8. The van der Waals surface area contributed by atoms with Crippen LogP contribution >= 0.6 is 24.0 Å². The Hall–Kier alpha value is -0.820. The first-order valence-corrected chi connectivity index (χ1v) is 9.52. The highest BCUT2D eigenvalue weighted by Crippen LogP contribution is 2.15. The summed E-state index contributed by atoms with van der Waals surface area (Å²) in [5, 5.41) is 6.91. The average molecular weight is 458 g/mol. The molecule has 0 aromatic heterocycles. The first kappa shape index (κ1) is 22.2. The number of aliphatic imine (C=N–C) groups is 1. The molecule has 2 rings (SSSR count). The molecule has 142 valence electrons. The van der Waals surface area contributed by atoms with Crippen molar-refractivity contribution >= 4 is 29.9 Å². The second-order valence-electron chi connectivity index (χ2n) is 6.78. The lowest BCUT2D eigenvalue weighted by atomic mass is 10.1. The zero-order valence-electron chi connectivity index (χ0n) is 15.8. The van der Waals surface area contributed by atoms with Gasteiger partial charge in [0.15, 0.2) is 5.96 Å². The predicted molar refractivity (Wildman–Crippen MR) is 119 cm³/mol. The van der Waals surface area contributed by atoms with Gasteiger partial charge in [0.1, 0.15) is 0 Å². The third-order valence-electron chi connectivity index (χ3n) is 4.78. The molecular formula is C20H35IN4. The van der Waals surface area contributed by atoms with Crippen molar-refractivity contribution in [3.8, 4) is 0 Å². The van der Waals surface area contributed by atoms with Crippen LogP contribution in [0.15, 0.2) is 35.3 Å². The van der Waals surface area contributed by atoms with E-state index in [2.05, 4.69) is 57.8 Å². The molecule has 1 unspecified atom stereocenters. The van der Waals surface area contributed by atoms with E-state index >= 15 is 0 Å². The predicted octanol–water partition coefficient (Wildman–Crippen LogP) is 3.52. The maximum absolute atomic E-state index is 4.32. The van der Waals surface area contributed by atoms with Crippen LogP contribution in [0, 0.1) is 5.92 Å². The molecule has 0 amide bonds. The average Bonchev–Trinajstić information content (AvgIpc) is 3.08. The van der Waals surface area contributed by atoms with Crippen molar-refractivity contribution in [3.63, 3.8) is 0 Å². The van der Waals surface area contributed by atoms with Crippen molar-refractivity contribution in [2.24, 2.45) is 10.9 Å². The van der Waals surface area contributed by atoms with Gasteiger partial charge in [0, 0.05) is 33.2 Å². The van der Waals surface area contributed by atoms with Crippen LogP contribution in [0.2, 0.25) is 0 Å². The molecular weight excluding hydrogens is 423 g/mol. The van der Waals surface area contributed by atoms with E-state index in [0.717, 1.165) is 31.4 Å². The Morgan fingerprint density at radius 2 is 2.00 bits per heavy atom. The second kappa shape index (κ2) is 13.4. The molecule has 0 saturated carbocycles. The second-order valence-corrected chi connectivity index (χ2v) is 6.78. The van der Waals surface area contributed by atoms with Gasteiger partial charge < -0.3 is 15.5 Å². The molecule has 1 aliphatic rings. The Bertz CT molecular complexity index is 478. The van der Waals surface area contributed by atoms with E-state index in [4.69, 9.17) is 0 Å². The molecule has 1 aromatic carbocycles. The van der Waals surface area contributed by atoms with Crippen molar-refractivity contribution in [2.75, 3.05) is 39.8 Å². The van der Waals surface area contributed by atoms with Gasteiger partial charge in [-0.2, -0.15) is 0 Å². The van der Waals surface area contributed by atoms with Crippen molar-refractivity contribution in [3.05, 3.63) is 35.9 Å². The molecule has 2 N–H and O–H groups in total. The third-order valence-corrected chi connectivity index (χ3v) is 4.78. The number of hydrogen-bond donors (Lipinski definition) is 2. The molecule has 0 radical (unpaired) electrons. The normalized spacial score (nSPS) is 18.0. The number of benzene rings is 1. The fraction of sp³-hybridized carbons (Fsp3) is 0.650. The molecule has 0 bridgehead atoms.